The highest BCUT2D eigenvalue weighted by Crippen LogP contribution is 2.47. The molecule has 2 aromatic rings. The lowest BCUT2D eigenvalue weighted by atomic mass is 9.93. The van der Waals surface area contributed by atoms with Crippen molar-refractivity contribution in [3.63, 3.8) is 0 Å². The minimum absolute atomic E-state index is 0.0665. The van der Waals surface area contributed by atoms with Gasteiger partial charge in [-0.3, -0.25) is 20.2 Å². The first-order chi connectivity index (χ1) is 14.1. The molecule has 0 N–H and O–H groups in total. The number of rotatable bonds is 3. The van der Waals surface area contributed by atoms with Crippen LogP contribution in [0.3, 0.4) is 0 Å². The lowest BCUT2D eigenvalue weighted by Crippen LogP contribution is -2.49. The van der Waals surface area contributed by atoms with Crippen LogP contribution in [0, 0.1) is 20.2 Å². The number of fused-ring (bicyclic) bond motifs is 2. The van der Waals surface area contributed by atoms with E-state index in [1.807, 2.05) is 24.3 Å². The second-order valence-corrected chi connectivity index (χ2v) is 7.30. The molecule has 2 aliphatic rings. The van der Waals surface area contributed by atoms with Crippen molar-refractivity contribution < 1.29 is 27.8 Å². The predicted molar refractivity (Wildman–Crippen MR) is 99.4 cm³/mol. The summed E-state index contributed by atoms with van der Waals surface area (Å²) in [6, 6.07) is 8.23. The lowest BCUT2D eigenvalue weighted by Gasteiger charge is -2.41. The van der Waals surface area contributed by atoms with Gasteiger partial charge in [-0.25, -0.2) is 0 Å². The Balaban J connectivity index is 1.84. The van der Waals surface area contributed by atoms with Gasteiger partial charge in [-0.15, -0.1) is 0 Å². The quantitative estimate of drug-likeness (QED) is 0.542. The fourth-order valence-electron chi connectivity index (χ4n) is 4.31. The molecule has 1 aliphatic carbocycles. The summed E-state index contributed by atoms with van der Waals surface area (Å²) in [4.78, 5) is 22.6. The third-order valence-electron chi connectivity index (χ3n) is 5.60. The molecule has 1 aliphatic heterocycles. The number of nitro benzene ring substituents is 2. The molecule has 4 rings (SSSR count). The smallest absolute Gasteiger partial charge is 0.367 e. The van der Waals surface area contributed by atoms with Gasteiger partial charge in [0.05, 0.1) is 28.6 Å². The molecule has 1 fully saturated rings. The van der Waals surface area contributed by atoms with E-state index in [2.05, 4.69) is 0 Å². The summed E-state index contributed by atoms with van der Waals surface area (Å²) >= 11 is 0. The van der Waals surface area contributed by atoms with Gasteiger partial charge < -0.3 is 9.64 Å². The Hall–Kier alpha value is -3.21. The Morgan fingerprint density at radius 1 is 1.07 bits per heavy atom. The van der Waals surface area contributed by atoms with Gasteiger partial charge in [0.15, 0.2) is 5.69 Å². The van der Waals surface area contributed by atoms with Gasteiger partial charge in [-0.05, 0) is 24.0 Å². The Morgan fingerprint density at radius 2 is 1.70 bits per heavy atom. The first-order valence-corrected chi connectivity index (χ1v) is 9.14. The molecule has 1 heterocycles. The van der Waals surface area contributed by atoms with E-state index in [1.54, 1.807) is 0 Å². The lowest BCUT2D eigenvalue weighted by molar-refractivity contribution is -0.393. The topological polar surface area (TPSA) is 98.8 Å². The van der Waals surface area contributed by atoms with Crippen LogP contribution >= 0.6 is 0 Å². The number of halogens is 3. The number of nitrogens with zero attached hydrogens (tertiary/aromatic N) is 3. The molecule has 1 unspecified atom stereocenters. The largest absolute Gasteiger partial charge is 0.416 e. The molecule has 1 saturated heterocycles. The summed E-state index contributed by atoms with van der Waals surface area (Å²) in [5.41, 5.74) is -2.62. The Kier molecular flexibility index (Phi) is 4.64. The molecule has 1 spiro atoms. The number of benzene rings is 2. The number of morpholine rings is 1. The SMILES string of the molecule is O=[N+]([O-])c1cc(C(F)(F)F)cc([N+](=O)[O-])c1N1CCOC2(CCc3ccccc32)C1. The van der Waals surface area contributed by atoms with Crippen LogP contribution in [0.25, 0.3) is 0 Å². The maximum absolute atomic E-state index is 13.2. The Morgan fingerprint density at radius 3 is 2.30 bits per heavy atom. The number of hydrogen-bond donors (Lipinski definition) is 0. The molecule has 0 radical (unpaired) electrons. The van der Waals surface area contributed by atoms with Crippen molar-refractivity contribution in [1.82, 2.24) is 0 Å². The maximum Gasteiger partial charge on any atom is 0.416 e. The monoisotopic (exact) mass is 423 g/mol. The number of anilines is 1. The zero-order valence-electron chi connectivity index (χ0n) is 15.5. The first kappa shape index (κ1) is 20.1. The summed E-state index contributed by atoms with van der Waals surface area (Å²) in [5.74, 6) is 0. The maximum atomic E-state index is 13.2. The number of nitro groups is 2. The van der Waals surface area contributed by atoms with Crippen LogP contribution in [0.4, 0.5) is 30.2 Å². The second kappa shape index (κ2) is 6.94. The van der Waals surface area contributed by atoms with Gasteiger partial charge in [0, 0.05) is 18.7 Å². The fraction of sp³-hybridized carbons (Fsp3) is 0.368. The number of hydrogen-bond acceptors (Lipinski definition) is 6. The summed E-state index contributed by atoms with van der Waals surface area (Å²) in [6.07, 6.45) is -3.67. The van der Waals surface area contributed by atoms with E-state index >= 15 is 0 Å². The summed E-state index contributed by atoms with van der Waals surface area (Å²) in [7, 11) is 0. The van der Waals surface area contributed by atoms with Crippen LogP contribution in [0.1, 0.15) is 23.1 Å². The average molecular weight is 423 g/mol. The van der Waals surface area contributed by atoms with E-state index in [0.717, 1.165) is 11.1 Å². The highest BCUT2D eigenvalue weighted by molar-refractivity contribution is 5.77. The molecule has 158 valence electrons. The minimum Gasteiger partial charge on any atom is -0.367 e. The summed E-state index contributed by atoms with van der Waals surface area (Å²) in [5, 5.41) is 23.2. The second-order valence-electron chi connectivity index (χ2n) is 7.30. The van der Waals surface area contributed by atoms with E-state index in [9.17, 15) is 33.4 Å². The van der Waals surface area contributed by atoms with Crippen LogP contribution in [0.15, 0.2) is 36.4 Å². The molecule has 0 saturated carbocycles. The molecular weight excluding hydrogens is 407 g/mol. The third kappa shape index (κ3) is 3.24. The predicted octanol–water partition coefficient (Wildman–Crippen LogP) is 4.20. The van der Waals surface area contributed by atoms with Crippen molar-refractivity contribution in [2.75, 3.05) is 24.6 Å². The summed E-state index contributed by atoms with van der Waals surface area (Å²) in [6.45, 7) is 0.275. The van der Waals surface area contributed by atoms with E-state index in [4.69, 9.17) is 4.74 Å². The molecular formula is C19H16F3N3O5. The average Bonchev–Trinajstić information content (AvgIpc) is 3.04. The number of aryl methyl sites for hydroxylation is 1. The molecule has 30 heavy (non-hydrogen) atoms. The van der Waals surface area contributed by atoms with Gasteiger partial charge in [-0.1, -0.05) is 24.3 Å². The van der Waals surface area contributed by atoms with Crippen molar-refractivity contribution >= 4 is 17.1 Å². The van der Waals surface area contributed by atoms with Crippen molar-refractivity contribution in [3.8, 4) is 0 Å². The van der Waals surface area contributed by atoms with Crippen LogP contribution < -0.4 is 4.90 Å². The van der Waals surface area contributed by atoms with Crippen molar-refractivity contribution in [3.05, 3.63) is 73.3 Å². The molecule has 0 bridgehead atoms. The molecule has 8 nitrogen and oxygen atoms in total. The normalized spacial score (nSPS) is 21.0. The molecule has 0 aromatic heterocycles. The van der Waals surface area contributed by atoms with Gasteiger partial charge in [0.25, 0.3) is 11.4 Å². The van der Waals surface area contributed by atoms with E-state index in [1.165, 1.54) is 4.90 Å². The first-order valence-electron chi connectivity index (χ1n) is 9.14. The van der Waals surface area contributed by atoms with Gasteiger partial charge in [0.1, 0.15) is 5.60 Å². The fourth-order valence-corrected chi connectivity index (χ4v) is 4.31. The van der Waals surface area contributed by atoms with Crippen LogP contribution in [-0.2, 0) is 22.9 Å². The van der Waals surface area contributed by atoms with Crippen LogP contribution in [0.5, 0.6) is 0 Å². The zero-order chi connectivity index (χ0) is 21.7. The Labute approximate surface area is 168 Å². The minimum atomic E-state index is -4.95. The van der Waals surface area contributed by atoms with Crippen molar-refractivity contribution in [2.24, 2.45) is 0 Å². The van der Waals surface area contributed by atoms with Crippen LogP contribution in [0.2, 0.25) is 0 Å². The van der Waals surface area contributed by atoms with Crippen LogP contribution in [-0.4, -0.2) is 29.5 Å². The standard InChI is InChI=1S/C19H16F3N3O5/c20-19(21,22)13-9-15(24(26)27)17(16(10-13)25(28)29)23-7-8-30-18(11-23)6-5-12-3-1-2-4-14(12)18/h1-4,9-10H,5-8,11H2. The highest BCUT2D eigenvalue weighted by Gasteiger charge is 2.46. The van der Waals surface area contributed by atoms with E-state index < -0.39 is 44.2 Å². The molecule has 0 amide bonds. The molecule has 11 heteroatoms. The molecule has 1 atom stereocenters. The van der Waals surface area contributed by atoms with Crippen molar-refractivity contribution in [2.45, 2.75) is 24.6 Å². The third-order valence-corrected chi connectivity index (χ3v) is 5.60. The number of alkyl halides is 3. The Bertz CT molecular complexity index is 1000. The van der Waals surface area contributed by atoms with E-state index in [-0.39, 0.29) is 19.7 Å². The van der Waals surface area contributed by atoms with Gasteiger partial charge in [-0.2, -0.15) is 13.2 Å². The highest BCUT2D eigenvalue weighted by atomic mass is 19.4. The zero-order valence-corrected chi connectivity index (χ0v) is 15.5. The summed E-state index contributed by atoms with van der Waals surface area (Å²) < 4.78 is 45.5. The number of ether oxygens (including phenoxy) is 1. The van der Waals surface area contributed by atoms with E-state index in [0.29, 0.717) is 25.0 Å². The van der Waals surface area contributed by atoms with Gasteiger partial charge in [0.2, 0.25) is 0 Å². The van der Waals surface area contributed by atoms with Gasteiger partial charge >= 0.3 is 6.18 Å². The van der Waals surface area contributed by atoms with Crippen molar-refractivity contribution in [1.29, 1.82) is 0 Å². The molecule has 2 aromatic carbocycles.